The lowest BCUT2D eigenvalue weighted by Crippen LogP contribution is -2.32. The Morgan fingerprint density at radius 3 is 2.73 bits per heavy atom. The van der Waals surface area contributed by atoms with Crippen LogP contribution in [0.1, 0.15) is 21.5 Å². The van der Waals surface area contributed by atoms with Gasteiger partial charge in [-0.3, -0.25) is 4.79 Å². The number of nitrogens with zero attached hydrogens (tertiary/aromatic N) is 2. The van der Waals surface area contributed by atoms with Crippen LogP contribution in [0.2, 0.25) is 0 Å². The average Bonchev–Trinajstić information content (AvgIpc) is 3.20. The molecule has 1 aliphatic heterocycles. The van der Waals surface area contributed by atoms with E-state index in [1.54, 1.807) is 30.6 Å². The minimum atomic E-state index is -4.60. The minimum Gasteiger partial charge on any atom is -0.491 e. The van der Waals surface area contributed by atoms with Crippen molar-refractivity contribution in [3.63, 3.8) is 0 Å². The van der Waals surface area contributed by atoms with E-state index in [9.17, 15) is 22.4 Å². The highest BCUT2D eigenvalue weighted by Crippen LogP contribution is 2.33. The summed E-state index contributed by atoms with van der Waals surface area (Å²) < 4.78 is 59.1. The van der Waals surface area contributed by atoms with Crippen molar-refractivity contribution in [2.75, 3.05) is 13.2 Å². The van der Waals surface area contributed by atoms with Gasteiger partial charge in [0.15, 0.2) is 0 Å². The molecule has 0 fully saturated rings. The van der Waals surface area contributed by atoms with Gasteiger partial charge >= 0.3 is 6.18 Å². The Kier molecular flexibility index (Phi) is 5.03. The van der Waals surface area contributed by atoms with Crippen LogP contribution in [0.3, 0.4) is 0 Å². The Hall–Kier alpha value is -3.88. The number of halogens is 4. The lowest BCUT2D eigenvalue weighted by molar-refractivity contribution is -0.137. The summed E-state index contributed by atoms with van der Waals surface area (Å²) in [6, 6.07) is 11.1. The minimum absolute atomic E-state index is 0.107. The predicted octanol–water partition coefficient (Wildman–Crippen LogP) is 5.42. The molecule has 0 atom stereocenters. The van der Waals surface area contributed by atoms with Crippen LogP contribution in [0.25, 0.3) is 22.2 Å². The summed E-state index contributed by atoms with van der Waals surface area (Å²) in [6.07, 6.45) is -1.10. The molecule has 1 aliphatic rings. The van der Waals surface area contributed by atoms with E-state index in [4.69, 9.17) is 4.74 Å². The summed E-state index contributed by atoms with van der Waals surface area (Å²) in [5.74, 6) is -0.882. The zero-order valence-corrected chi connectivity index (χ0v) is 17.1. The second kappa shape index (κ2) is 7.91. The summed E-state index contributed by atoms with van der Waals surface area (Å²) >= 11 is 0. The molecule has 0 saturated heterocycles. The molecule has 33 heavy (non-hydrogen) atoms. The number of fused-ring (bicyclic) bond motifs is 2. The van der Waals surface area contributed by atoms with Gasteiger partial charge in [-0.05, 0) is 48.0 Å². The summed E-state index contributed by atoms with van der Waals surface area (Å²) in [7, 11) is 0. The van der Waals surface area contributed by atoms with Gasteiger partial charge in [0.25, 0.3) is 5.91 Å². The maximum Gasteiger partial charge on any atom is 0.416 e. The van der Waals surface area contributed by atoms with Gasteiger partial charge in [0.2, 0.25) is 0 Å². The summed E-state index contributed by atoms with van der Waals surface area (Å²) in [6.45, 7) is -0.0690. The number of hydrogen-bond donors (Lipinski definition) is 1. The summed E-state index contributed by atoms with van der Waals surface area (Å²) in [4.78, 5) is 21.8. The van der Waals surface area contributed by atoms with E-state index in [0.717, 1.165) is 34.3 Å². The smallest absolute Gasteiger partial charge is 0.416 e. The van der Waals surface area contributed by atoms with Crippen molar-refractivity contribution in [1.29, 1.82) is 0 Å². The molecule has 168 valence electrons. The molecule has 5 rings (SSSR count). The van der Waals surface area contributed by atoms with Crippen LogP contribution in [0, 0.1) is 5.82 Å². The third-order valence-corrected chi connectivity index (χ3v) is 5.59. The first kappa shape index (κ1) is 21.0. The van der Waals surface area contributed by atoms with Gasteiger partial charge in [0, 0.05) is 35.5 Å². The molecule has 9 heteroatoms. The van der Waals surface area contributed by atoms with E-state index in [1.807, 2.05) is 12.1 Å². The Morgan fingerprint density at radius 2 is 1.91 bits per heavy atom. The summed E-state index contributed by atoms with van der Waals surface area (Å²) in [5.41, 5.74) is 1.50. The number of aromatic amines is 1. The normalized spacial score (nSPS) is 14.2. The highest BCUT2D eigenvalue weighted by Gasteiger charge is 2.32. The molecule has 0 aliphatic carbocycles. The van der Waals surface area contributed by atoms with Crippen LogP contribution < -0.4 is 4.74 Å². The molecule has 1 amide bonds. The van der Waals surface area contributed by atoms with Crippen molar-refractivity contribution in [3.8, 4) is 16.9 Å². The first-order valence-corrected chi connectivity index (χ1v) is 10.1. The molecule has 2 aromatic heterocycles. The monoisotopic (exact) mass is 455 g/mol. The van der Waals surface area contributed by atoms with E-state index in [1.165, 1.54) is 4.90 Å². The largest absolute Gasteiger partial charge is 0.491 e. The fourth-order valence-corrected chi connectivity index (χ4v) is 3.86. The zero-order chi connectivity index (χ0) is 23.2. The van der Waals surface area contributed by atoms with Crippen molar-refractivity contribution >= 4 is 16.9 Å². The maximum absolute atomic E-state index is 14.2. The Bertz CT molecular complexity index is 1360. The lowest BCUT2D eigenvalue weighted by Gasteiger charge is -2.21. The molecule has 4 aromatic rings. The van der Waals surface area contributed by atoms with Crippen molar-refractivity contribution in [1.82, 2.24) is 14.9 Å². The molecule has 3 heterocycles. The molecule has 0 spiro atoms. The number of hydrogen-bond acceptors (Lipinski definition) is 3. The number of rotatable bonds is 3. The third kappa shape index (κ3) is 4.02. The van der Waals surface area contributed by atoms with Crippen LogP contribution in [0.4, 0.5) is 17.6 Å². The van der Waals surface area contributed by atoms with Crippen LogP contribution in [0.15, 0.2) is 60.9 Å². The zero-order valence-electron chi connectivity index (χ0n) is 17.1. The number of alkyl halides is 3. The first-order valence-electron chi connectivity index (χ1n) is 10.1. The first-order chi connectivity index (χ1) is 15.8. The maximum atomic E-state index is 14.2. The molecule has 0 bridgehead atoms. The predicted molar refractivity (Wildman–Crippen MR) is 113 cm³/mol. The Labute approximate surface area is 185 Å². The van der Waals surface area contributed by atoms with Gasteiger partial charge in [-0.1, -0.05) is 6.07 Å². The van der Waals surface area contributed by atoms with Crippen molar-refractivity contribution in [2.45, 2.75) is 12.7 Å². The molecule has 5 nitrogen and oxygen atoms in total. The standard InChI is InChI=1S/C24H17F4N3O2/c25-20-4-2-18(24(26,27)28)10-17(20)13-31-7-8-33-21-11-14(1-3-19(21)23(31)32)16-9-15-5-6-29-22(15)30-12-16/h1-6,9-12H,7-8,13H2,(H,29,30). The van der Waals surface area contributed by atoms with Crippen LogP contribution in [0.5, 0.6) is 5.75 Å². The number of carbonyl (C=O) groups excluding carboxylic acids is 1. The van der Waals surface area contributed by atoms with Gasteiger partial charge in [0.05, 0.1) is 17.7 Å². The Balaban J connectivity index is 1.43. The molecular formula is C24H17F4N3O2. The number of amides is 1. The second-order valence-corrected chi connectivity index (χ2v) is 7.73. The van der Waals surface area contributed by atoms with Gasteiger partial charge in [-0.2, -0.15) is 13.2 Å². The second-order valence-electron chi connectivity index (χ2n) is 7.73. The third-order valence-electron chi connectivity index (χ3n) is 5.59. The topological polar surface area (TPSA) is 58.2 Å². The number of benzene rings is 2. The molecule has 2 aromatic carbocycles. The quantitative estimate of drug-likeness (QED) is 0.420. The molecule has 0 saturated carbocycles. The van der Waals surface area contributed by atoms with Gasteiger partial charge in [0.1, 0.15) is 23.8 Å². The van der Waals surface area contributed by atoms with Crippen molar-refractivity contribution in [3.05, 3.63) is 83.4 Å². The van der Waals surface area contributed by atoms with Crippen molar-refractivity contribution < 1.29 is 27.1 Å². The number of H-pyrrole nitrogens is 1. The van der Waals surface area contributed by atoms with Crippen LogP contribution >= 0.6 is 0 Å². The van der Waals surface area contributed by atoms with Crippen LogP contribution in [-0.2, 0) is 12.7 Å². The van der Waals surface area contributed by atoms with Crippen LogP contribution in [-0.4, -0.2) is 33.9 Å². The van der Waals surface area contributed by atoms with E-state index in [0.29, 0.717) is 11.8 Å². The Morgan fingerprint density at radius 1 is 1.06 bits per heavy atom. The lowest BCUT2D eigenvalue weighted by atomic mass is 10.0. The van der Waals surface area contributed by atoms with Gasteiger partial charge < -0.3 is 14.6 Å². The van der Waals surface area contributed by atoms with Crippen molar-refractivity contribution in [2.24, 2.45) is 0 Å². The average molecular weight is 455 g/mol. The van der Waals surface area contributed by atoms with Gasteiger partial charge in [-0.15, -0.1) is 0 Å². The van der Waals surface area contributed by atoms with E-state index < -0.39 is 23.5 Å². The number of carbonyl (C=O) groups is 1. The number of nitrogens with one attached hydrogen (secondary N) is 1. The number of aromatic nitrogens is 2. The number of ether oxygens (including phenoxy) is 1. The number of pyridine rings is 1. The van der Waals surface area contributed by atoms with E-state index in [2.05, 4.69) is 9.97 Å². The fourth-order valence-electron chi connectivity index (χ4n) is 3.86. The molecular weight excluding hydrogens is 438 g/mol. The van der Waals surface area contributed by atoms with E-state index >= 15 is 0 Å². The summed E-state index contributed by atoms with van der Waals surface area (Å²) in [5, 5.41) is 0.939. The molecule has 1 N–H and O–H groups in total. The molecule has 0 unspecified atom stereocenters. The van der Waals surface area contributed by atoms with Gasteiger partial charge in [-0.25, -0.2) is 9.37 Å². The SMILES string of the molecule is O=C1c2ccc(-c3cnc4[nH]ccc4c3)cc2OCCN1Cc1cc(C(F)(F)F)ccc1F. The highest BCUT2D eigenvalue weighted by molar-refractivity contribution is 5.98. The highest BCUT2D eigenvalue weighted by atomic mass is 19.4. The molecule has 0 radical (unpaired) electrons. The van der Waals surface area contributed by atoms with E-state index in [-0.39, 0.29) is 30.8 Å². The fraction of sp³-hybridized carbons (Fsp3) is 0.167.